The third-order valence-electron chi connectivity index (χ3n) is 1.62. The lowest BCUT2D eigenvalue weighted by Gasteiger charge is -1.95. The maximum atomic E-state index is 3.59. The number of hydrogen-bond donors (Lipinski definition) is 0. The first-order valence-electron chi connectivity index (χ1n) is 3.94. The zero-order valence-corrected chi connectivity index (χ0v) is 7.25. The van der Waals surface area contributed by atoms with E-state index in [0.717, 1.165) is 5.57 Å². The summed E-state index contributed by atoms with van der Waals surface area (Å²) < 4.78 is 0. The fourth-order valence-corrected chi connectivity index (χ4v) is 0.955. The van der Waals surface area contributed by atoms with Crippen molar-refractivity contribution in [3.63, 3.8) is 0 Å². The molecule has 0 fully saturated rings. The van der Waals surface area contributed by atoms with Crippen molar-refractivity contribution in [1.82, 2.24) is 0 Å². The summed E-state index contributed by atoms with van der Waals surface area (Å²) in [6.45, 7) is 5.63. The van der Waals surface area contributed by atoms with Crippen LogP contribution in [0.5, 0.6) is 0 Å². The molecule has 60 valence electrons. The van der Waals surface area contributed by atoms with Crippen LogP contribution in [-0.2, 0) is 0 Å². The molecule has 0 heteroatoms. The Morgan fingerprint density at radius 2 is 2.00 bits per heavy atom. The molecule has 0 aliphatic rings. The van der Waals surface area contributed by atoms with Crippen LogP contribution in [0.4, 0.5) is 0 Å². The molecule has 0 saturated heterocycles. The van der Waals surface area contributed by atoms with Crippen LogP contribution in [0.1, 0.15) is 12.5 Å². The Morgan fingerprint density at radius 3 is 2.58 bits per heavy atom. The van der Waals surface area contributed by atoms with Crippen molar-refractivity contribution in [1.29, 1.82) is 0 Å². The molecule has 1 aromatic rings. The van der Waals surface area contributed by atoms with E-state index >= 15 is 0 Å². The molecule has 1 rings (SSSR count). The second-order valence-corrected chi connectivity index (χ2v) is 2.54. The average molecular weight is 156 g/mol. The summed E-state index contributed by atoms with van der Waals surface area (Å²) in [4.78, 5) is 0. The van der Waals surface area contributed by atoms with Gasteiger partial charge in [0, 0.05) is 0 Å². The summed E-state index contributed by atoms with van der Waals surface area (Å²) in [7, 11) is 0. The summed E-state index contributed by atoms with van der Waals surface area (Å²) in [5.74, 6) is 0. The standard InChI is InChI=1S/C12H12/c1-3-4-8-11(2)12-9-6-5-7-10-12/h3-7,9-10H,1H2,2H3. The molecule has 0 aliphatic carbocycles. The minimum absolute atomic E-state index is 1.13. The average Bonchev–Trinajstić information content (AvgIpc) is 2.15. The third kappa shape index (κ3) is 2.26. The minimum atomic E-state index is 1.13. The zero-order chi connectivity index (χ0) is 8.81. The predicted molar refractivity (Wildman–Crippen MR) is 53.8 cm³/mol. The lowest BCUT2D eigenvalue weighted by molar-refractivity contribution is 1.58. The van der Waals surface area contributed by atoms with E-state index in [1.54, 1.807) is 6.08 Å². The van der Waals surface area contributed by atoms with Crippen molar-refractivity contribution in [2.24, 2.45) is 0 Å². The molecular formula is C12H12. The number of benzene rings is 1. The Labute approximate surface area is 73.6 Å². The van der Waals surface area contributed by atoms with Gasteiger partial charge in [-0.25, -0.2) is 0 Å². The van der Waals surface area contributed by atoms with Gasteiger partial charge in [-0.2, -0.15) is 0 Å². The van der Waals surface area contributed by atoms with Crippen LogP contribution >= 0.6 is 0 Å². The van der Waals surface area contributed by atoms with Gasteiger partial charge in [0.25, 0.3) is 0 Å². The van der Waals surface area contributed by atoms with Crippen LogP contribution in [0.2, 0.25) is 0 Å². The van der Waals surface area contributed by atoms with Crippen LogP contribution in [0.15, 0.2) is 54.8 Å². The van der Waals surface area contributed by atoms with E-state index in [9.17, 15) is 0 Å². The van der Waals surface area contributed by atoms with Crippen molar-refractivity contribution in [3.8, 4) is 0 Å². The van der Waals surface area contributed by atoms with Gasteiger partial charge in [0.1, 0.15) is 0 Å². The summed E-state index contributed by atoms with van der Waals surface area (Å²) >= 11 is 0. The molecule has 0 saturated carbocycles. The van der Waals surface area contributed by atoms with Gasteiger partial charge in [0.2, 0.25) is 0 Å². The molecule has 0 nitrogen and oxygen atoms in total. The van der Waals surface area contributed by atoms with E-state index in [1.807, 2.05) is 31.2 Å². The van der Waals surface area contributed by atoms with Crippen molar-refractivity contribution < 1.29 is 0 Å². The second-order valence-electron chi connectivity index (χ2n) is 2.54. The quantitative estimate of drug-likeness (QED) is 0.454. The first-order chi connectivity index (χ1) is 5.84. The van der Waals surface area contributed by atoms with Crippen LogP contribution in [0.25, 0.3) is 5.57 Å². The van der Waals surface area contributed by atoms with Gasteiger partial charge in [0.05, 0.1) is 0 Å². The Morgan fingerprint density at radius 1 is 1.33 bits per heavy atom. The largest absolute Gasteiger partial charge is 0.117 e. The molecule has 0 radical (unpaired) electrons. The molecular weight excluding hydrogens is 144 g/mol. The predicted octanol–water partition coefficient (Wildman–Crippen LogP) is 3.43. The monoisotopic (exact) mass is 156 g/mol. The van der Waals surface area contributed by atoms with Gasteiger partial charge >= 0.3 is 0 Å². The molecule has 0 atom stereocenters. The van der Waals surface area contributed by atoms with Crippen molar-refractivity contribution in [3.05, 3.63) is 60.4 Å². The number of rotatable bonds is 2. The van der Waals surface area contributed by atoms with Gasteiger partial charge in [-0.15, -0.1) is 5.73 Å². The maximum Gasteiger partial charge on any atom is -0.00190 e. The van der Waals surface area contributed by atoms with Crippen LogP contribution in [0.3, 0.4) is 0 Å². The van der Waals surface area contributed by atoms with E-state index < -0.39 is 0 Å². The highest BCUT2D eigenvalue weighted by atomic mass is 13.9. The van der Waals surface area contributed by atoms with Crippen molar-refractivity contribution in [2.45, 2.75) is 6.92 Å². The summed E-state index contributed by atoms with van der Waals surface area (Å²) in [5, 5.41) is 0. The lowest BCUT2D eigenvalue weighted by Crippen LogP contribution is -1.74. The normalized spacial score (nSPS) is 8.42. The highest BCUT2D eigenvalue weighted by Crippen LogP contribution is 2.10. The van der Waals surface area contributed by atoms with E-state index in [-0.39, 0.29) is 0 Å². The highest BCUT2D eigenvalue weighted by molar-refractivity contribution is 5.62. The van der Waals surface area contributed by atoms with E-state index in [2.05, 4.69) is 24.4 Å². The third-order valence-corrected chi connectivity index (χ3v) is 1.62. The first-order valence-corrected chi connectivity index (χ1v) is 3.94. The second kappa shape index (κ2) is 4.38. The molecule has 0 bridgehead atoms. The van der Waals surface area contributed by atoms with E-state index in [1.165, 1.54) is 5.56 Å². The summed E-state index contributed by atoms with van der Waals surface area (Å²) in [6.07, 6.45) is 3.55. The van der Waals surface area contributed by atoms with E-state index in [0.29, 0.717) is 0 Å². The Balaban J connectivity index is 3.00. The molecule has 0 heterocycles. The molecule has 0 aromatic heterocycles. The molecule has 0 spiro atoms. The maximum absolute atomic E-state index is 3.59. The highest BCUT2D eigenvalue weighted by Gasteiger charge is 1.89. The molecule has 0 amide bonds. The van der Waals surface area contributed by atoms with Crippen LogP contribution in [-0.4, -0.2) is 0 Å². The fourth-order valence-electron chi connectivity index (χ4n) is 0.955. The van der Waals surface area contributed by atoms with E-state index in [4.69, 9.17) is 0 Å². The lowest BCUT2D eigenvalue weighted by atomic mass is 10.1. The smallest absolute Gasteiger partial charge is 0.00190 e. The number of hydrogen-bond acceptors (Lipinski definition) is 0. The molecule has 1 aromatic carbocycles. The Bertz CT molecular complexity index is 311. The SMILES string of the molecule is C=CC=C=C(C)c1ccccc1. The van der Waals surface area contributed by atoms with Gasteiger partial charge in [-0.3, -0.25) is 0 Å². The van der Waals surface area contributed by atoms with Gasteiger partial charge in [-0.05, 0) is 24.1 Å². The van der Waals surface area contributed by atoms with Gasteiger partial charge in [0.15, 0.2) is 0 Å². The van der Waals surface area contributed by atoms with Gasteiger partial charge in [-0.1, -0.05) is 43.0 Å². The Hall–Kier alpha value is -1.52. The molecule has 12 heavy (non-hydrogen) atoms. The summed E-state index contributed by atoms with van der Waals surface area (Å²) in [5.41, 5.74) is 5.46. The molecule has 0 aliphatic heterocycles. The Kier molecular flexibility index (Phi) is 3.13. The first kappa shape index (κ1) is 8.58. The molecule has 0 unspecified atom stereocenters. The fraction of sp³-hybridized carbons (Fsp3) is 0.0833. The van der Waals surface area contributed by atoms with Crippen LogP contribution in [0, 0.1) is 0 Å². The van der Waals surface area contributed by atoms with Gasteiger partial charge < -0.3 is 0 Å². The summed E-state index contributed by atoms with van der Waals surface area (Å²) in [6, 6.07) is 10.2. The zero-order valence-electron chi connectivity index (χ0n) is 7.25. The topological polar surface area (TPSA) is 0 Å². The molecule has 0 N–H and O–H groups in total. The minimum Gasteiger partial charge on any atom is -0.117 e. The van der Waals surface area contributed by atoms with Crippen molar-refractivity contribution in [2.75, 3.05) is 0 Å². The number of allylic oxidation sites excluding steroid dienone is 2. The van der Waals surface area contributed by atoms with Crippen molar-refractivity contribution >= 4 is 5.57 Å². The van der Waals surface area contributed by atoms with Crippen LogP contribution < -0.4 is 0 Å².